The molecule has 27 heavy (non-hydrogen) atoms. The Morgan fingerprint density at radius 1 is 1.30 bits per heavy atom. The quantitative estimate of drug-likeness (QED) is 0.863. The Morgan fingerprint density at radius 3 is 2.96 bits per heavy atom. The first-order chi connectivity index (χ1) is 13.1. The maximum atomic E-state index is 14.8. The molecule has 1 aliphatic heterocycles. The Kier molecular flexibility index (Phi) is 4.71. The summed E-state index contributed by atoms with van der Waals surface area (Å²) in [5.41, 5.74) is 8.27. The van der Waals surface area contributed by atoms with Crippen molar-refractivity contribution < 1.29 is 4.39 Å². The molecule has 2 atom stereocenters. The molecule has 4 nitrogen and oxygen atoms in total. The van der Waals surface area contributed by atoms with Gasteiger partial charge in [0, 0.05) is 17.5 Å². The Hall–Kier alpha value is -2.65. The van der Waals surface area contributed by atoms with Crippen LogP contribution in [-0.4, -0.2) is 15.9 Å². The number of rotatable bonds is 3. The lowest BCUT2D eigenvalue weighted by Crippen LogP contribution is -2.37. The molecular formula is C21H19FN4S. The van der Waals surface area contributed by atoms with Crippen LogP contribution in [0.4, 0.5) is 4.39 Å². The van der Waals surface area contributed by atoms with Gasteiger partial charge in [0.05, 0.1) is 16.8 Å². The summed E-state index contributed by atoms with van der Waals surface area (Å²) in [6, 6.07) is 10.7. The monoisotopic (exact) mass is 378 g/mol. The predicted molar refractivity (Wildman–Crippen MR) is 107 cm³/mol. The van der Waals surface area contributed by atoms with Crippen LogP contribution in [0.5, 0.6) is 0 Å². The van der Waals surface area contributed by atoms with E-state index in [2.05, 4.69) is 4.98 Å². The Labute approximate surface area is 162 Å². The van der Waals surface area contributed by atoms with E-state index in [1.165, 1.54) is 12.3 Å². The van der Waals surface area contributed by atoms with E-state index in [0.717, 1.165) is 36.3 Å². The number of hydrogen-bond acceptors (Lipinski definition) is 5. The second kappa shape index (κ2) is 7.16. The number of nitrogens with zero attached hydrogens (tertiary/aromatic N) is 3. The summed E-state index contributed by atoms with van der Waals surface area (Å²) in [5, 5.41) is 9.40. The van der Waals surface area contributed by atoms with Crippen molar-refractivity contribution >= 4 is 29.1 Å². The highest BCUT2D eigenvalue weighted by atomic mass is 32.2. The molecule has 0 amide bonds. The van der Waals surface area contributed by atoms with E-state index < -0.39 is 5.54 Å². The number of halogens is 1. The highest BCUT2D eigenvalue weighted by Gasteiger charge is 2.47. The van der Waals surface area contributed by atoms with Crippen molar-refractivity contribution in [2.24, 2.45) is 16.6 Å². The van der Waals surface area contributed by atoms with Crippen molar-refractivity contribution in [2.75, 3.05) is 5.75 Å². The first-order valence-corrected chi connectivity index (χ1v) is 9.92. The Bertz CT molecular complexity index is 961. The molecule has 0 radical (unpaired) electrons. The number of aliphatic imine (C=N–C) groups is 1. The summed E-state index contributed by atoms with van der Waals surface area (Å²) >= 11 is 1.57. The van der Waals surface area contributed by atoms with Crippen LogP contribution in [-0.2, 0) is 5.54 Å². The van der Waals surface area contributed by atoms with Gasteiger partial charge in [-0.2, -0.15) is 5.26 Å². The average Bonchev–Trinajstić information content (AvgIpc) is 3.11. The fourth-order valence-electron chi connectivity index (χ4n) is 3.99. The summed E-state index contributed by atoms with van der Waals surface area (Å²) in [4.78, 5) is 8.97. The molecule has 0 bridgehead atoms. The van der Waals surface area contributed by atoms with Crippen LogP contribution in [0.1, 0.15) is 41.6 Å². The minimum Gasteiger partial charge on any atom is -0.379 e. The topological polar surface area (TPSA) is 75.1 Å². The van der Waals surface area contributed by atoms with E-state index in [1.54, 1.807) is 30.0 Å². The van der Waals surface area contributed by atoms with Gasteiger partial charge in [-0.25, -0.2) is 4.39 Å². The summed E-state index contributed by atoms with van der Waals surface area (Å²) < 4.78 is 14.8. The number of amidine groups is 1. The zero-order chi connectivity index (χ0) is 18.9. The third-order valence-electron chi connectivity index (χ3n) is 5.35. The van der Waals surface area contributed by atoms with Gasteiger partial charge < -0.3 is 5.73 Å². The molecule has 1 saturated carbocycles. The number of pyridine rings is 1. The molecule has 136 valence electrons. The summed E-state index contributed by atoms with van der Waals surface area (Å²) in [5.74, 6) is 0.993. The van der Waals surface area contributed by atoms with E-state index in [9.17, 15) is 4.39 Å². The lowest BCUT2D eigenvalue weighted by atomic mass is 9.80. The second-order valence-electron chi connectivity index (χ2n) is 6.93. The number of fused-ring (bicyclic) bond motifs is 1. The van der Waals surface area contributed by atoms with Crippen molar-refractivity contribution in [3.63, 3.8) is 0 Å². The van der Waals surface area contributed by atoms with E-state index >= 15 is 0 Å². The maximum Gasteiger partial charge on any atom is 0.154 e. The van der Waals surface area contributed by atoms with Crippen molar-refractivity contribution in [2.45, 2.75) is 24.8 Å². The number of aromatic nitrogens is 1. The largest absolute Gasteiger partial charge is 0.379 e. The predicted octanol–water partition coefficient (Wildman–Crippen LogP) is 4.32. The molecule has 1 aromatic heterocycles. The summed E-state index contributed by atoms with van der Waals surface area (Å²) in [7, 11) is 0. The maximum absolute atomic E-state index is 14.8. The van der Waals surface area contributed by atoms with Crippen LogP contribution in [0.2, 0.25) is 0 Å². The van der Waals surface area contributed by atoms with E-state index in [4.69, 9.17) is 16.0 Å². The van der Waals surface area contributed by atoms with Gasteiger partial charge in [0.25, 0.3) is 0 Å². The van der Waals surface area contributed by atoms with Crippen LogP contribution >= 0.6 is 11.8 Å². The lowest BCUT2D eigenvalue weighted by molar-refractivity contribution is 0.341. The zero-order valence-electron chi connectivity index (χ0n) is 14.7. The molecule has 1 aliphatic carbocycles. The first kappa shape index (κ1) is 17.7. The molecule has 0 saturated heterocycles. The molecule has 2 aromatic rings. The zero-order valence-corrected chi connectivity index (χ0v) is 15.5. The molecule has 2 N–H and O–H groups in total. The Morgan fingerprint density at radius 2 is 2.19 bits per heavy atom. The normalized spacial score (nSPS) is 24.4. The molecule has 4 rings (SSSR count). The van der Waals surface area contributed by atoms with Gasteiger partial charge in [-0.05, 0) is 54.7 Å². The SMILES string of the molecule is N#Cc1ccc(/C=C/c2ccc(F)c([C@]34CCC[C@H]3CSC(N)=N4)c2)nc1. The number of thioether (sulfide) groups is 1. The van der Waals surface area contributed by atoms with Crippen LogP contribution in [0.15, 0.2) is 41.5 Å². The van der Waals surface area contributed by atoms with Crippen molar-refractivity contribution in [1.82, 2.24) is 4.98 Å². The third kappa shape index (κ3) is 3.35. The van der Waals surface area contributed by atoms with Gasteiger partial charge in [-0.1, -0.05) is 30.3 Å². The van der Waals surface area contributed by atoms with Crippen LogP contribution in [0.3, 0.4) is 0 Å². The van der Waals surface area contributed by atoms with E-state index in [-0.39, 0.29) is 5.82 Å². The fourth-order valence-corrected chi connectivity index (χ4v) is 5.03. The van der Waals surface area contributed by atoms with Crippen LogP contribution < -0.4 is 5.73 Å². The van der Waals surface area contributed by atoms with Gasteiger partial charge in [0.2, 0.25) is 0 Å². The smallest absolute Gasteiger partial charge is 0.154 e. The number of hydrogen-bond donors (Lipinski definition) is 1. The molecule has 1 fully saturated rings. The van der Waals surface area contributed by atoms with Crippen molar-refractivity contribution in [3.05, 3.63) is 64.7 Å². The minimum atomic E-state index is -0.532. The fraction of sp³-hybridized carbons (Fsp3) is 0.286. The molecular weight excluding hydrogens is 359 g/mol. The third-order valence-corrected chi connectivity index (χ3v) is 6.30. The summed E-state index contributed by atoms with van der Waals surface area (Å²) in [6.45, 7) is 0. The van der Waals surface area contributed by atoms with Gasteiger partial charge in [-0.3, -0.25) is 9.98 Å². The highest BCUT2D eigenvalue weighted by Crippen LogP contribution is 2.51. The average molecular weight is 378 g/mol. The number of nitriles is 1. The lowest BCUT2D eigenvalue weighted by Gasteiger charge is -2.36. The number of benzene rings is 1. The minimum absolute atomic E-state index is 0.223. The standard InChI is InChI=1S/C21H19FN4S/c22-19-8-5-14(3-6-17-7-4-15(11-23)12-25-17)10-18(19)21-9-1-2-16(21)13-27-20(24)26-21/h3-8,10,12,16H,1-2,9,13H2,(H2,24,26)/b6-3+/t16-,21-/m0/s1. The molecule has 6 heteroatoms. The summed E-state index contributed by atoms with van der Waals surface area (Å²) in [6.07, 6.45) is 8.23. The van der Waals surface area contributed by atoms with Gasteiger partial charge in [-0.15, -0.1) is 0 Å². The van der Waals surface area contributed by atoms with Crippen LogP contribution in [0.25, 0.3) is 12.2 Å². The van der Waals surface area contributed by atoms with Crippen molar-refractivity contribution in [3.8, 4) is 6.07 Å². The number of nitrogens with two attached hydrogens (primary N) is 1. The molecule has 0 unspecified atom stereocenters. The van der Waals surface area contributed by atoms with Gasteiger partial charge >= 0.3 is 0 Å². The first-order valence-electron chi connectivity index (χ1n) is 8.93. The molecule has 2 heterocycles. The molecule has 1 aromatic carbocycles. The van der Waals surface area contributed by atoms with Gasteiger partial charge in [0.15, 0.2) is 5.17 Å². The molecule has 2 aliphatic rings. The Balaban J connectivity index is 1.68. The van der Waals surface area contributed by atoms with Crippen molar-refractivity contribution in [1.29, 1.82) is 5.26 Å². The molecule has 0 spiro atoms. The van der Waals surface area contributed by atoms with Crippen LogP contribution in [0, 0.1) is 23.1 Å². The van der Waals surface area contributed by atoms with Gasteiger partial charge in [0.1, 0.15) is 11.9 Å². The highest BCUT2D eigenvalue weighted by molar-refractivity contribution is 8.13. The van der Waals surface area contributed by atoms with E-state index in [1.807, 2.05) is 24.3 Å². The second-order valence-corrected chi connectivity index (χ2v) is 7.97. The van der Waals surface area contributed by atoms with E-state index in [0.29, 0.717) is 22.2 Å².